The molecule has 4 atom stereocenters. The third kappa shape index (κ3) is 4.40. The fraction of sp³-hybridized carbons (Fsp3) is 0.600. The number of fused-ring (bicyclic) bond motifs is 1. The molecule has 25 heavy (non-hydrogen) atoms. The van der Waals surface area contributed by atoms with Gasteiger partial charge in [-0.25, -0.2) is 4.79 Å². The number of rotatable bonds is 5. The zero-order valence-electron chi connectivity index (χ0n) is 14.7. The summed E-state index contributed by atoms with van der Waals surface area (Å²) >= 11 is 0. The molecule has 1 aliphatic heterocycles. The zero-order valence-corrected chi connectivity index (χ0v) is 14.7. The summed E-state index contributed by atoms with van der Waals surface area (Å²) in [6, 6.07) is 7.43. The lowest BCUT2D eigenvalue weighted by Crippen LogP contribution is -2.46. The van der Waals surface area contributed by atoms with E-state index in [4.69, 9.17) is 4.74 Å². The molecule has 0 spiro atoms. The number of carbonyl (C=O) groups excluding carboxylic acids is 1. The molecule has 4 unspecified atom stereocenters. The number of hydrogen-bond donors (Lipinski definition) is 2. The van der Waals surface area contributed by atoms with Gasteiger partial charge >= 0.3 is 5.97 Å². The molecule has 1 aromatic carbocycles. The minimum atomic E-state index is -0.948. The number of carbonyl (C=O) groups is 2. The number of carboxylic acids is 1. The van der Waals surface area contributed by atoms with Gasteiger partial charge in [0.25, 0.3) is 0 Å². The van der Waals surface area contributed by atoms with Crippen LogP contribution in [-0.4, -0.2) is 35.7 Å². The number of carboxylic acid groups (broad SMARTS) is 1. The van der Waals surface area contributed by atoms with Crippen molar-refractivity contribution in [2.45, 2.75) is 63.5 Å². The summed E-state index contributed by atoms with van der Waals surface area (Å²) in [5.74, 6) is -1.05. The molecule has 0 radical (unpaired) electrons. The number of hydrogen-bond acceptors (Lipinski definition) is 3. The van der Waals surface area contributed by atoms with E-state index >= 15 is 0 Å². The Morgan fingerprint density at radius 3 is 2.88 bits per heavy atom. The van der Waals surface area contributed by atoms with Gasteiger partial charge in [0, 0.05) is 12.5 Å². The van der Waals surface area contributed by atoms with E-state index in [0.717, 1.165) is 19.3 Å². The first-order valence-electron chi connectivity index (χ1n) is 9.27. The van der Waals surface area contributed by atoms with Crippen molar-refractivity contribution in [3.8, 4) is 0 Å². The Kier molecular flexibility index (Phi) is 5.74. The molecule has 1 fully saturated rings. The second kappa shape index (κ2) is 8.00. The predicted octanol–water partition coefficient (Wildman–Crippen LogP) is 2.88. The van der Waals surface area contributed by atoms with E-state index in [1.807, 2.05) is 19.1 Å². The van der Waals surface area contributed by atoms with E-state index in [-0.39, 0.29) is 23.8 Å². The third-order valence-corrected chi connectivity index (χ3v) is 5.48. The molecule has 5 nitrogen and oxygen atoms in total. The summed E-state index contributed by atoms with van der Waals surface area (Å²) in [5.41, 5.74) is 2.56. The zero-order chi connectivity index (χ0) is 17.8. The highest BCUT2D eigenvalue weighted by molar-refractivity contribution is 5.85. The highest BCUT2D eigenvalue weighted by Gasteiger charge is 2.31. The van der Waals surface area contributed by atoms with Crippen LogP contribution in [0, 0.1) is 5.92 Å². The molecule has 1 amide bonds. The van der Waals surface area contributed by atoms with Gasteiger partial charge in [-0.05, 0) is 62.5 Å². The van der Waals surface area contributed by atoms with E-state index < -0.39 is 12.0 Å². The van der Waals surface area contributed by atoms with Crippen molar-refractivity contribution in [3.05, 3.63) is 35.4 Å². The normalized spacial score (nSPS) is 27.2. The van der Waals surface area contributed by atoms with Gasteiger partial charge < -0.3 is 15.2 Å². The molecule has 1 aromatic rings. The number of benzene rings is 1. The minimum absolute atomic E-state index is 0.0537. The molecular weight excluding hydrogens is 318 g/mol. The van der Waals surface area contributed by atoms with Crippen molar-refractivity contribution in [1.29, 1.82) is 0 Å². The van der Waals surface area contributed by atoms with Crippen LogP contribution in [0.1, 0.15) is 56.1 Å². The lowest BCUT2D eigenvalue weighted by Gasteiger charge is -2.30. The maximum absolute atomic E-state index is 12.5. The van der Waals surface area contributed by atoms with Crippen LogP contribution in [0.25, 0.3) is 0 Å². The van der Waals surface area contributed by atoms with Crippen LogP contribution in [0.3, 0.4) is 0 Å². The van der Waals surface area contributed by atoms with Crippen molar-refractivity contribution < 1.29 is 19.4 Å². The van der Waals surface area contributed by atoms with Crippen molar-refractivity contribution in [2.75, 3.05) is 6.61 Å². The molecule has 5 heteroatoms. The van der Waals surface area contributed by atoms with Gasteiger partial charge in [-0.15, -0.1) is 0 Å². The first-order chi connectivity index (χ1) is 12.0. The SMILES string of the molecule is CC1CC(C(=O)NC(CC2CCCc3ccccc32)C(=O)O)CCO1. The second-order valence-corrected chi connectivity index (χ2v) is 7.33. The van der Waals surface area contributed by atoms with Gasteiger partial charge in [0.15, 0.2) is 0 Å². The van der Waals surface area contributed by atoms with E-state index in [1.54, 1.807) is 0 Å². The Labute approximate surface area is 148 Å². The van der Waals surface area contributed by atoms with Gasteiger partial charge in [0.1, 0.15) is 6.04 Å². The van der Waals surface area contributed by atoms with Crippen molar-refractivity contribution in [1.82, 2.24) is 5.32 Å². The van der Waals surface area contributed by atoms with Crippen LogP contribution in [-0.2, 0) is 20.7 Å². The Balaban J connectivity index is 1.66. The smallest absolute Gasteiger partial charge is 0.326 e. The van der Waals surface area contributed by atoms with Crippen molar-refractivity contribution >= 4 is 11.9 Å². The highest BCUT2D eigenvalue weighted by atomic mass is 16.5. The third-order valence-electron chi connectivity index (χ3n) is 5.48. The predicted molar refractivity (Wildman–Crippen MR) is 94.4 cm³/mol. The number of amides is 1. The largest absolute Gasteiger partial charge is 0.480 e. The lowest BCUT2D eigenvalue weighted by atomic mass is 9.79. The maximum Gasteiger partial charge on any atom is 0.326 e. The standard InChI is InChI=1S/C20H27NO4/c1-13-11-16(9-10-25-13)19(22)21-18(20(23)24)12-15-7-4-6-14-5-2-3-8-17(14)15/h2-3,5,8,13,15-16,18H,4,6-7,9-12H2,1H3,(H,21,22)(H,23,24). The summed E-state index contributed by atoms with van der Waals surface area (Å²) in [5, 5.41) is 12.4. The van der Waals surface area contributed by atoms with Crippen LogP contribution in [0.2, 0.25) is 0 Å². The van der Waals surface area contributed by atoms with Gasteiger partial charge in [-0.3, -0.25) is 4.79 Å². The number of aliphatic carboxylic acids is 1. The fourth-order valence-electron chi connectivity index (χ4n) is 4.13. The summed E-state index contributed by atoms with van der Waals surface area (Å²) in [4.78, 5) is 24.2. The summed E-state index contributed by atoms with van der Waals surface area (Å²) in [7, 11) is 0. The van der Waals surface area contributed by atoms with Gasteiger partial charge in [-0.2, -0.15) is 0 Å². The van der Waals surface area contributed by atoms with Crippen LogP contribution in [0.15, 0.2) is 24.3 Å². The molecule has 0 saturated carbocycles. The summed E-state index contributed by atoms with van der Waals surface area (Å²) < 4.78 is 5.47. The van der Waals surface area contributed by atoms with Crippen LogP contribution < -0.4 is 5.32 Å². The van der Waals surface area contributed by atoms with E-state index in [0.29, 0.717) is 25.9 Å². The Bertz CT molecular complexity index is 630. The number of aryl methyl sites for hydroxylation is 1. The van der Waals surface area contributed by atoms with Crippen LogP contribution in [0.5, 0.6) is 0 Å². The number of ether oxygens (including phenoxy) is 1. The van der Waals surface area contributed by atoms with E-state index in [1.165, 1.54) is 11.1 Å². The molecule has 2 N–H and O–H groups in total. The lowest BCUT2D eigenvalue weighted by molar-refractivity contribution is -0.143. The first kappa shape index (κ1) is 17.9. The molecule has 1 aliphatic carbocycles. The van der Waals surface area contributed by atoms with Gasteiger partial charge in [0.2, 0.25) is 5.91 Å². The molecule has 2 aliphatic rings. The number of nitrogens with one attached hydrogen (secondary N) is 1. The minimum Gasteiger partial charge on any atom is -0.480 e. The molecule has 0 aromatic heterocycles. The van der Waals surface area contributed by atoms with Gasteiger partial charge in [-0.1, -0.05) is 24.3 Å². The molecular formula is C20H27NO4. The fourth-order valence-corrected chi connectivity index (χ4v) is 4.13. The summed E-state index contributed by atoms with van der Waals surface area (Å²) in [6.07, 6.45) is 4.93. The molecule has 136 valence electrons. The summed E-state index contributed by atoms with van der Waals surface area (Å²) in [6.45, 7) is 2.51. The van der Waals surface area contributed by atoms with Crippen molar-refractivity contribution in [2.24, 2.45) is 5.92 Å². The van der Waals surface area contributed by atoms with Crippen LogP contribution >= 0.6 is 0 Å². The average Bonchev–Trinajstić information content (AvgIpc) is 2.61. The Morgan fingerprint density at radius 2 is 2.12 bits per heavy atom. The Hall–Kier alpha value is -1.88. The van der Waals surface area contributed by atoms with Crippen LogP contribution in [0.4, 0.5) is 0 Å². The molecule has 3 rings (SSSR count). The average molecular weight is 345 g/mol. The second-order valence-electron chi connectivity index (χ2n) is 7.33. The van der Waals surface area contributed by atoms with E-state index in [2.05, 4.69) is 17.4 Å². The molecule has 1 heterocycles. The first-order valence-corrected chi connectivity index (χ1v) is 9.27. The molecule has 0 bridgehead atoms. The van der Waals surface area contributed by atoms with E-state index in [9.17, 15) is 14.7 Å². The van der Waals surface area contributed by atoms with Gasteiger partial charge in [0.05, 0.1) is 6.10 Å². The Morgan fingerprint density at radius 1 is 1.32 bits per heavy atom. The highest BCUT2D eigenvalue weighted by Crippen LogP contribution is 2.34. The molecule has 1 saturated heterocycles. The quantitative estimate of drug-likeness (QED) is 0.860. The maximum atomic E-state index is 12.5. The monoisotopic (exact) mass is 345 g/mol. The topological polar surface area (TPSA) is 75.6 Å². The van der Waals surface area contributed by atoms with Crippen molar-refractivity contribution in [3.63, 3.8) is 0 Å².